The van der Waals surface area contributed by atoms with Crippen molar-refractivity contribution in [2.45, 2.75) is 64.6 Å². The Morgan fingerprint density at radius 3 is 2.95 bits per heavy atom. The van der Waals surface area contributed by atoms with Gasteiger partial charge in [0.2, 0.25) is 0 Å². The largest absolute Gasteiger partial charge is 0.311 e. The molecular weight excluding hydrogens is 256 g/mol. The number of hydrogen-bond donors (Lipinski definition) is 1. The molecule has 0 saturated carbocycles. The predicted molar refractivity (Wildman–Crippen MR) is 89.5 cm³/mol. The lowest BCUT2D eigenvalue weighted by atomic mass is 9.84. The summed E-state index contributed by atoms with van der Waals surface area (Å²) < 4.78 is 0. The van der Waals surface area contributed by atoms with Gasteiger partial charge >= 0.3 is 0 Å². The van der Waals surface area contributed by atoms with E-state index in [1.807, 2.05) is 0 Å². The highest BCUT2D eigenvalue weighted by Gasteiger charge is 2.34. The molecule has 0 bridgehead atoms. The molecule has 3 rings (SSSR count). The molecule has 2 aliphatic rings. The second-order valence-corrected chi connectivity index (χ2v) is 7.05. The topological polar surface area (TPSA) is 15.3 Å². The number of rotatable bonds is 3. The molecule has 0 radical (unpaired) electrons. The Kier molecular flexibility index (Phi) is 4.66. The molecule has 1 fully saturated rings. The first-order chi connectivity index (χ1) is 10.2. The van der Waals surface area contributed by atoms with Gasteiger partial charge in [0.1, 0.15) is 0 Å². The number of nitrogens with one attached hydrogen (secondary N) is 1. The molecule has 4 unspecified atom stereocenters. The van der Waals surface area contributed by atoms with E-state index >= 15 is 0 Å². The van der Waals surface area contributed by atoms with Crippen LogP contribution < -0.4 is 5.32 Å². The Labute approximate surface area is 129 Å². The van der Waals surface area contributed by atoms with Crippen LogP contribution in [0.4, 0.5) is 0 Å². The van der Waals surface area contributed by atoms with E-state index in [0.717, 1.165) is 12.5 Å². The van der Waals surface area contributed by atoms with Crippen LogP contribution >= 0.6 is 0 Å². The first-order valence-electron chi connectivity index (χ1n) is 8.77. The summed E-state index contributed by atoms with van der Waals surface area (Å²) in [7, 11) is 0. The molecule has 0 amide bonds. The smallest absolute Gasteiger partial charge is 0.0354 e. The van der Waals surface area contributed by atoms with Gasteiger partial charge in [0.05, 0.1) is 0 Å². The normalized spacial score (nSPS) is 31.7. The van der Waals surface area contributed by atoms with E-state index in [0.29, 0.717) is 18.1 Å². The number of hydrogen-bond acceptors (Lipinski definition) is 2. The molecule has 0 aromatic heterocycles. The molecule has 1 heterocycles. The van der Waals surface area contributed by atoms with Crippen molar-refractivity contribution in [1.82, 2.24) is 10.2 Å². The number of piperazine rings is 1. The Morgan fingerprint density at radius 1 is 1.33 bits per heavy atom. The minimum atomic E-state index is 0.638. The van der Waals surface area contributed by atoms with Crippen molar-refractivity contribution in [2.24, 2.45) is 5.92 Å². The van der Waals surface area contributed by atoms with Gasteiger partial charge in [-0.1, -0.05) is 44.5 Å². The fraction of sp³-hybridized carbons (Fsp3) is 0.684. The summed E-state index contributed by atoms with van der Waals surface area (Å²) >= 11 is 0. The highest BCUT2D eigenvalue weighted by molar-refractivity contribution is 5.32. The second kappa shape index (κ2) is 6.50. The summed E-state index contributed by atoms with van der Waals surface area (Å²) in [6.07, 6.45) is 5.20. The van der Waals surface area contributed by atoms with E-state index in [9.17, 15) is 0 Å². The average Bonchev–Trinajstić information content (AvgIpc) is 2.54. The van der Waals surface area contributed by atoms with E-state index < -0.39 is 0 Å². The fourth-order valence-electron chi connectivity index (χ4n) is 4.08. The molecule has 4 atom stereocenters. The van der Waals surface area contributed by atoms with Gasteiger partial charge in [0.25, 0.3) is 0 Å². The SMILES string of the molecule is CCC(C)C1CN(C2CCCc3ccccc32)C(C)CN1. The van der Waals surface area contributed by atoms with Gasteiger partial charge in [0, 0.05) is 31.2 Å². The summed E-state index contributed by atoms with van der Waals surface area (Å²) in [5.41, 5.74) is 3.18. The van der Waals surface area contributed by atoms with E-state index in [1.165, 1.54) is 32.2 Å². The Balaban J connectivity index is 1.82. The summed E-state index contributed by atoms with van der Waals surface area (Å²) in [5, 5.41) is 3.77. The van der Waals surface area contributed by atoms with E-state index in [4.69, 9.17) is 0 Å². The van der Waals surface area contributed by atoms with Gasteiger partial charge in [-0.15, -0.1) is 0 Å². The monoisotopic (exact) mass is 286 g/mol. The zero-order chi connectivity index (χ0) is 14.8. The molecule has 116 valence electrons. The summed E-state index contributed by atoms with van der Waals surface area (Å²) in [4.78, 5) is 2.78. The first kappa shape index (κ1) is 15.1. The van der Waals surface area contributed by atoms with Crippen LogP contribution in [0, 0.1) is 5.92 Å². The van der Waals surface area contributed by atoms with Crippen molar-refractivity contribution in [3.8, 4) is 0 Å². The maximum atomic E-state index is 3.77. The van der Waals surface area contributed by atoms with Crippen LogP contribution in [0.5, 0.6) is 0 Å². The molecule has 0 spiro atoms. The minimum Gasteiger partial charge on any atom is -0.311 e. The van der Waals surface area contributed by atoms with Crippen molar-refractivity contribution in [2.75, 3.05) is 13.1 Å². The molecule has 2 nitrogen and oxygen atoms in total. The van der Waals surface area contributed by atoms with Crippen molar-refractivity contribution in [3.05, 3.63) is 35.4 Å². The third kappa shape index (κ3) is 3.02. The van der Waals surface area contributed by atoms with E-state index in [-0.39, 0.29) is 0 Å². The van der Waals surface area contributed by atoms with Crippen LogP contribution in [-0.2, 0) is 6.42 Å². The molecule has 21 heavy (non-hydrogen) atoms. The molecule has 2 heteroatoms. The second-order valence-electron chi connectivity index (χ2n) is 7.05. The number of fused-ring (bicyclic) bond motifs is 1. The van der Waals surface area contributed by atoms with Gasteiger partial charge in [-0.3, -0.25) is 4.90 Å². The Hall–Kier alpha value is -0.860. The summed E-state index contributed by atoms with van der Waals surface area (Å²) in [5.74, 6) is 0.763. The molecular formula is C19H30N2. The highest BCUT2D eigenvalue weighted by Crippen LogP contribution is 2.36. The van der Waals surface area contributed by atoms with Crippen LogP contribution in [0.3, 0.4) is 0 Å². The van der Waals surface area contributed by atoms with Crippen LogP contribution in [0.1, 0.15) is 57.2 Å². The molecule has 1 saturated heterocycles. The Bertz CT molecular complexity index is 470. The maximum Gasteiger partial charge on any atom is 0.0354 e. The minimum absolute atomic E-state index is 0.638. The summed E-state index contributed by atoms with van der Waals surface area (Å²) in [6, 6.07) is 11.0. The quantitative estimate of drug-likeness (QED) is 0.910. The van der Waals surface area contributed by atoms with Crippen LogP contribution in [0.2, 0.25) is 0 Å². The van der Waals surface area contributed by atoms with E-state index in [2.05, 4.69) is 55.3 Å². The predicted octanol–water partition coefficient (Wildman–Crippen LogP) is 3.77. The number of nitrogens with zero attached hydrogens (tertiary/aromatic N) is 1. The van der Waals surface area contributed by atoms with Gasteiger partial charge in [-0.05, 0) is 43.2 Å². The number of aryl methyl sites for hydroxylation is 1. The van der Waals surface area contributed by atoms with E-state index in [1.54, 1.807) is 11.1 Å². The zero-order valence-electron chi connectivity index (χ0n) is 13.8. The fourth-order valence-corrected chi connectivity index (χ4v) is 4.08. The van der Waals surface area contributed by atoms with Crippen LogP contribution in [0.15, 0.2) is 24.3 Å². The van der Waals surface area contributed by atoms with Crippen LogP contribution in [0.25, 0.3) is 0 Å². The lowest BCUT2D eigenvalue weighted by Gasteiger charge is -2.46. The van der Waals surface area contributed by atoms with Gasteiger partial charge in [-0.2, -0.15) is 0 Å². The van der Waals surface area contributed by atoms with Gasteiger partial charge in [-0.25, -0.2) is 0 Å². The first-order valence-corrected chi connectivity index (χ1v) is 8.77. The highest BCUT2D eigenvalue weighted by atomic mass is 15.3. The lowest BCUT2D eigenvalue weighted by Crippen LogP contribution is -2.58. The van der Waals surface area contributed by atoms with Crippen LogP contribution in [-0.4, -0.2) is 30.1 Å². The molecule has 1 aliphatic heterocycles. The third-order valence-corrected chi connectivity index (χ3v) is 5.72. The maximum absolute atomic E-state index is 3.77. The van der Waals surface area contributed by atoms with Gasteiger partial charge < -0.3 is 5.32 Å². The molecule has 1 N–H and O–H groups in total. The van der Waals surface area contributed by atoms with Crippen molar-refractivity contribution < 1.29 is 0 Å². The zero-order valence-corrected chi connectivity index (χ0v) is 13.8. The molecule has 1 aromatic carbocycles. The van der Waals surface area contributed by atoms with Crippen molar-refractivity contribution in [3.63, 3.8) is 0 Å². The molecule has 1 aromatic rings. The Morgan fingerprint density at radius 2 is 2.14 bits per heavy atom. The summed E-state index contributed by atoms with van der Waals surface area (Å²) in [6.45, 7) is 9.42. The standard InChI is InChI=1S/C19H30N2/c1-4-14(2)18-13-21(15(3)12-20-18)19-11-7-9-16-8-5-6-10-17(16)19/h5-6,8,10,14-15,18-20H,4,7,9,11-13H2,1-3H3. The van der Waals surface area contributed by atoms with Crippen molar-refractivity contribution >= 4 is 0 Å². The molecule has 1 aliphatic carbocycles. The van der Waals surface area contributed by atoms with Crippen molar-refractivity contribution in [1.29, 1.82) is 0 Å². The average molecular weight is 286 g/mol. The lowest BCUT2D eigenvalue weighted by molar-refractivity contribution is 0.0663. The van der Waals surface area contributed by atoms with Gasteiger partial charge in [0.15, 0.2) is 0 Å². The number of benzene rings is 1. The third-order valence-electron chi connectivity index (χ3n) is 5.72.